The lowest BCUT2D eigenvalue weighted by atomic mass is 9.72. The molecule has 1 saturated heterocycles. The molecule has 3 nitrogen and oxygen atoms in total. The Kier molecular flexibility index (Phi) is 4.86. The Morgan fingerprint density at radius 3 is 2.86 bits per heavy atom. The fourth-order valence-electron chi connectivity index (χ4n) is 4.15. The second kappa shape index (κ2) is 6.69. The summed E-state index contributed by atoms with van der Waals surface area (Å²) in [6.07, 6.45) is 6.80. The van der Waals surface area contributed by atoms with E-state index in [-0.39, 0.29) is 0 Å². The summed E-state index contributed by atoms with van der Waals surface area (Å²) in [6, 6.07) is 0.494. The largest absolute Gasteiger partial charge is 0.339 e. The molecule has 0 radical (unpaired) electrons. The van der Waals surface area contributed by atoms with Gasteiger partial charge in [-0.15, -0.1) is 11.3 Å². The summed E-state index contributed by atoms with van der Waals surface area (Å²) in [6.45, 7) is 7.63. The van der Waals surface area contributed by atoms with Crippen molar-refractivity contribution in [3.63, 3.8) is 0 Å². The van der Waals surface area contributed by atoms with E-state index in [4.69, 9.17) is 0 Å². The first-order valence-electron chi connectivity index (χ1n) is 8.80. The van der Waals surface area contributed by atoms with Gasteiger partial charge in [0, 0.05) is 23.9 Å². The minimum Gasteiger partial charge on any atom is -0.339 e. The number of hydrogen-bond donors (Lipinski definition) is 0. The van der Waals surface area contributed by atoms with E-state index in [1.807, 2.05) is 0 Å². The Morgan fingerprint density at radius 1 is 1.36 bits per heavy atom. The second-order valence-electron chi connectivity index (χ2n) is 7.38. The van der Waals surface area contributed by atoms with Gasteiger partial charge in [0.25, 0.3) is 0 Å². The molecular weight excluding hydrogens is 292 g/mol. The number of aromatic nitrogens is 1. The number of thiazole rings is 1. The van der Waals surface area contributed by atoms with Crippen molar-refractivity contribution in [1.82, 2.24) is 9.88 Å². The van der Waals surface area contributed by atoms with Gasteiger partial charge in [0.15, 0.2) is 0 Å². The highest BCUT2D eigenvalue weighted by Crippen LogP contribution is 2.39. The molecule has 0 bridgehead atoms. The Balaban J connectivity index is 1.68. The third-order valence-electron chi connectivity index (χ3n) is 5.45. The van der Waals surface area contributed by atoms with Gasteiger partial charge in [0.05, 0.1) is 17.1 Å². The minimum absolute atomic E-state index is 0.296. The first kappa shape index (κ1) is 16.0. The van der Waals surface area contributed by atoms with E-state index in [1.54, 1.807) is 11.3 Å². The smallest absolute Gasteiger partial charge is 0.228 e. The van der Waals surface area contributed by atoms with Gasteiger partial charge in [-0.25, -0.2) is 4.98 Å². The lowest BCUT2D eigenvalue weighted by molar-refractivity contribution is -0.138. The van der Waals surface area contributed by atoms with Crippen LogP contribution in [0.5, 0.6) is 0 Å². The summed E-state index contributed by atoms with van der Waals surface area (Å²) in [5.41, 5.74) is 0.963. The number of amides is 1. The van der Waals surface area contributed by atoms with E-state index >= 15 is 0 Å². The molecule has 3 rings (SSSR count). The van der Waals surface area contributed by atoms with Gasteiger partial charge in [0.1, 0.15) is 0 Å². The highest BCUT2D eigenvalue weighted by Gasteiger charge is 2.39. The van der Waals surface area contributed by atoms with E-state index in [2.05, 4.69) is 36.0 Å². The highest BCUT2D eigenvalue weighted by molar-refractivity contribution is 7.09. The molecule has 22 heavy (non-hydrogen) atoms. The number of carbonyl (C=O) groups is 1. The number of nitrogens with zero attached hydrogens (tertiary/aromatic N) is 2. The number of fused-ring (bicyclic) bond motifs is 1. The van der Waals surface area contributed by atoms with Crippen molar-refractivity contribution in [2.45, 2.75) is 71.3 Å². The van der Waals surface area contributed by atoms with Crippen LogP contribution in [-0.4, -0.2) is 28.4 Å². The van der Waals surface area contributed by atoms with Crippen molar-refractivity contribution in [2.24, 2.45) is 11.8 Å². The summed E-state index contributed by atoms with van der Waals surface area (Å²) in [7, 11) is 0. The van der Waals surface area contributed by atoms with Gasteiger partial charge in [-0.2, -0.15) is 0 Å². The average Bonchev–Trinajstić information content (AvgIpc) is 2.96. The quantitative estimate of drug-likeness (QED) is 0.834. The van der Waals surface area contributed by atoms with Gasteiger partial charge >= 0.3 is 0 Å². The lowest BCUT2D eigenvalue weighted by Gasteiger charge is -2.47. The van der Waals surface area contributed by atoms with Gasteiger partial charge in [-0.1, -0.05) is 33.6 Å². The molecule has 1 saturated carbocycles. The molecule has 2 aliphatic rings. The van der Waals surface area contributed by atoms with Gasteiger partial charge in [-0.05, 0) is 31.1 Å². The maximum absolute atomic E-state index is 12.8. The SMILES string of the molecule is CC(C)c1nc(CC(=O)N2CCC(C)C3CCCCC32)cs1. The van der Waals surface area contributed by atoms with E-state index < -0.39 is 0 Å². The summed E-state index contributed by atoms with van der Waals surface area (Å²) in [5, 5.41) is 3.21. The number of likely N-dealkylation sites (tertiary alicyclic amines) is 1. The monoisotopic (exact) mass is 320 g/mol. The first-order valence-corrected chi connectivity index (χ1v) is 9.68. The molecule has 1 aromatic rings. The van der Waals surface area contributed by atoms with Crippen LogP contribution in [0.4, 0.5) is 0 Å². The fraction of sp³-hybridized carbons (Fsp3) is 0.778. The Morgan fingerprint density at radius 2 is 2.14 bits per heavy atom. The molecule has 3 atom stereocenters. The standard InChI is InChI=1S/C18H28N2OS/c1-12(2)18-19-14(11-22-18)10-17(21)20-9-8-13(3)15-6-4-5-7-16(15)20/h11-13,15-16H,4-10H2,1-3H3. The third-order valence-corrected chi connectivity index (χ3v) is 6.65. The van der Waals surface area contributed by atoms with Crippen LogP contribution in [0.1, 0.15) is 69.5 Å². The van der Waals surface area contributed by atoms with Crippen LogP contribution in [0.2, 0.25) is 0 Å². The predicted molar refractivity (Wildman–Crippen MR) is 91.1 cm³/mol. The minimum atomic E-state index is 0.296. The van der Waals surface area contributed by atoms with Crippen LogP contribution in [0.25, 0.3) is 0 Å². The highest BCUT2D eigenvalue weighted by atomic mass is 32.1. The average molecular weight is 321 g/mol. The number of rotatable bonds is 3. The van der Waals surface area contributed by atoms with Crippen molar-refractivity contribution < 1.29 is 4.79 Å². The molecule has 0 aromatic carbocycles. The summed E-state index contributed by atoms with van der Waals surface area (Å²) in [4.78, 5) is 19.6. The van der Waals surface area contributed by atoms with Crippen LogP contribution in [-0.2, 0) is 11.2 Å². The number of piperidine rings is 1. The molecule has 1 aromatic heterocycles. The zero-order valence-corrected chi connectivity index (χ0v) is 14.9. The van der Waals surface area contributed by atoms with Crippen molar-refractivity contribution in [3.8, 4) is 0 Å². The van der Waals surface area contributed by atoms with Gasteiger partial charge in [0.2, 0.25) is 5.91 Å². The Hall–Kier alpha value is -0.900. The summed E-state index contributed by atoms with van der Waals surface area (Å²) in [5.74, 6) is 2.26. The summed E-state index contributed by atoms with van der Waals surface area (Å²) >= 11 is 1.69. The zero-order valence-electron chi connectivity index (χ0n) is 14.0. The molecule has 4 heteroatoms. The maximum atomic E-state index is 12.8. The lowest BCUT2D eigenvalue weighted by Crippen LogP contribution is -2.52. The van der Waals surface area contributed by atoms with Crippen LogP contribution in [0, 0.1) is 11.8 Å². The second-order valence-corrected chi connectivity index (χ2v) is 8.27. The van der Waals surface area contributed by atoms with Crippen molar-refractivity contribution in [1.29, 1.82) is 0 Å². The van der Waals surface area contributed by atoms with Gasteiger partial charge < -0.3 is 4.90 Å². The molecule has 3 unspecified atom stereocenters. The van der Waals surface area contributed by atoms with Crippen LogP contribution >= 0.6 is 11.3 Å². The molecule has 1 amide bonds. The molecule has 2 fully saturated rings. The first-order chi connectivity index (χ1) is 10.6. The van der Waals surface area contributed by atoms with Crippen molar-refractivity contribution >= 4 is 17.2 Å². The molecule has 1 aliphatic carbocycles. The molecule has 0 spiro atoms. The molecular formula is C18H28N2OS. The fourth-order valence-corrected chi connectivity index (χ4v) is 4.98. The van der Waals surface area contributed by atoms with Crippen LogP contribution in [0.15, 0.2) is 5.38 Å². The van der Waals surface area contributed by atoms with Crippen molar-refractivity contribution in [2.75, 3.05) is 6.54 Å². The molecule has 0 N–H and O–H groups in total. The van der Waals surface area contributed by atoms with Crippen LogP contribution < -0.4 is 0 Å². The number of hydrogen-bond acceptors (Lipinski definition) is 3. The third kappa shape index (κ3) is 3.22. The molecule has 1 aliphatic heterocycles. The molecule has 2 heterocycles. The molecule has 122 valence electrons. The van der Waals surface area contributed by atoms with Crippen LogP contribution in [0.3, 0.4) is 0 Å². The Labute approximate surface area is 138 Å². The van der Waals surface area contributed by atoms with Crippen molar-refractivity contribution in [3.05, 3.63) is 16.1 Å². The predicted octanol–water partition coefficient (Wildman–Crippen LogP) is 4.24. The topological polar surface area (TPSA) is 33.2 Å². The van der Waals surface area contributed by atoms with E-state index in [1.165, 1.54) is 32.1 Å². The zero-order chi connectivity index (χ0) is 15.7. The van der Waals surface area contributed by atoms with E-state index in [0.717, 1.165) is 29.1 Å². The summed E-state index contributed by atoms with van der Waals surface area (Å²) < 4.78 is 0. The number of carbonyl (C=O) groups excluding carboxylic acids is 1. The van der Waals surface area contributed by atoms with Gasteiger partial charge in [-0.3, -0.25) is 4.79 Å². The van der Waals surface area contributed by atoms with E-state index in [0.29, 0.717) is 24.3 Å². The van der Waals surface area contributed by atoms with E-state index in [9.17, 15) is 4.79 Å². The normalized spacial score (nSPS) is 28.7. The Bertz CT molecular complexity index is 525. The maximum Gasteiger partial charge on any atom is 0.228 e.